The SMILES string of the molecule is CCc1nc(C(N)=O)c(Nc2ccc3sccc3c2)nc1N[C@H]1CC[C@H](O)CC1. The molecule has 1 aliphatic carbocycles. The molecule has 0 saturated heterocycles. The lowest BCUT2D eigenvalue weighted by Gasteiger charge is -2.27. The van der Waals surface area contributed by atoms with Crippen LogP contribution < -0.4 is 16.4 Å². The number of nitrogens with two attached hydrogens (primary N) is 1. The van der Waals surface area contributed by atoms with Gasteiger partial charge in [0.2, 0.25) is 0 Å². The summed E-state index contributed by atoms with van der Waals surface area (Å²) in [5.41, 5.74) is 7.26. The number of nitrogens with zero attached hydrogens (tertiary/aromatic N) is 2. The molecule has 0 bridgehead atoms. The van der Waals surface area contributed by atoms with Gasteiger partial charge in [-0.3, -0.25) is 4.79 Å². The molecule has 1 aliphatic rings. The fourth-order valence-corrected chi connectivity index (χ4v) is 4.46. The van der Waals surface area contributed by atoms with Crippen molar-refractivity contribution in [2.45, 2.75) is 51.2 Å². The number of aliphatic hydroxyl groups excluding tert-OH is 1. The number of aromatic nitrogens is 2. The molecule has 0 atom stereocenters. The molecule has 0 spiro atoms. The molecule has 4 rings (SSSR count). The molecule has 1 fully saturated rings. The van der Waals surface area contributed by atoms with Crippen LogP contribution >= 0.6 is 11.3 Å². The molecule has 5 N–H and O–H groups in total. The Morgan fingerprint density at radius 3 is 2.72 bits per heavy atom. The second kappa shape index (κ2) is 8.34. The fraction of sp³-hybridized carbons (Fsp3) is 0.381. The molecular weight excluding hydrogens is 386 g/mol. The number of primary amides is 1. The van der Waals surface area contributed by atoms with E-state index in [1.54, 1.807) is 11.3 Å². The second-order valence-corrected chi connectivity index (χ2v) is 8.33. The van der Waals surface area contributed by atoms with E-state index in [0.717, 1.165) is 36.8 Å². The Bertz CT molecular complexity index is 1030. The Hall–Kier alpha value is -2.71. The number of hydrogen-bond acceptors (Lipinski definition) is 7. The largest absolute Gasteiger partial charge is 0.393 e. The van der Waals surface area contributed by atoms with Crippen molar-refractivity contribution in [2.75, 3.05) is 10.6 Å². The number of thiophene rings is 1. The molecule has 1 aromatic carbocycles. The fourth-order valence-electron chi connectivity index (χ4n) is 3.69. The van der Waals surface area contributed by atoms with E-state index in [4.69, 9.17) is 10.7 Å². The van der Waals surface area contributed by atoms with E-state index in [1.807, 2.05) is 30.5 Å². The average Bonchev–Trinajstić information content (AvgIpc) is 3.17. The molecule has 0 unspecified atom stereocenters. The highest BCUT2D eigenvalue weighted by Crippen LogP contribution is 2.29. The lowest BCUT2D eigenvalue weighted by atomic mass is 9.93. The number of fused-ring (bicyclic) bond motifs is 1. The Kier molecular flexibility index (Phi) is 5.64. The number of aryl methyl sites for hydroxylation is 1. The van der Waals surface area contributed by atoms with Crippen LogP contribution in [0.4, 0.5) is 17.3 Å². The highest BCUT2D eigenvalue weighted by atomic mass is 32.1. The van der Waals surface area contributed by atoms with E-state index in [0.29, 0.717) is 23.8 Å². The minimum atomic E-state index is -0.612. The summed E-state index contributed by atoms with van der Waals surface area (Å²) in [5, 5.41) is 19.6. The summed E-state index contributed by atoms with van der Waals surface area (Å²) < 4.78 is 1.19. The van der Waals surface area contributed by atoms with Crippen molar-refractivity contribution < 1.29 is 9.90 Å². The van der Waals surface area contributed by atoms with Crippen molar-refractivity contribution in [1.82, 2.24) is 9.97 Å². The van der Waals surface area contributed by atoms with Gasteiger partial charge in [-0.05, 0) is 67.1 Å². The van der Waals surface area contributed by atoms with Crippen LogP contribution in [-0.4, -0.2) is 33.1 Å². The first-order valence-corrected chi connectivity index (χ1v) is 10.8. The first-order valence-electron chi connectivity index (χ1n) is 9.93. The van der Waals surface area contributed by atoms with Crippen LogP contribution in [-0.2, 0) is 6.42 Å². The van der Waals surface area contributed by atoms with Crippen molar-refractivity contribution in [2.24, 2.45) is 5.73 Å². The smallest absolute Gasteiger partial charge is 0.271 e. The predicted octanol–water partition coefficient (Wildman–Crippen LogP) is 3.81. The van der Waals surface area contributed by atoms with Crippen LogP contribution in [0.15, 0.2) is 29.6 Å². The highest BCUT2D eigenvalue weighted by Gasteiger charge is 2.23. The summed E-state index contributed by atoms with van der Waals surface area (Å²) in [5.74, 6) is 0.402. The summed E-state index contributed by atoms with van der Waals surface area (Å²) >= 11 is 1.68. The van der Waals surface area contributed by atoms with Crippen LogP contribution in [0, 0.1) is 0 Å². The van der Waals surface area contributed by atoms with Gasteiger partial charge in [-0.2, -0.15) is 0 Å². The summed E-state index contributed by atoms with van der Waals surface area (Å²) in [7, 11) is 0. The van der Waals surface area contributed by atoms with Gasteiger partial charge in [-0.1, -0.05) is 6.92 Å². The first-order chi connectivity index (χ1) is 14.0. The van der Waals surface area contributed by atoms with E-state index in [2.05, 4.69) is 21.7 Å². The minimum Gasteiger partial charge on any atom is -0.393 e. The minimum absolute atomic E-state index is 0.136. The maximum Gasteiger partial charge on any atom is 0.271 e. The van der Waals surface area contributed by atoms with Gasteiger partial charge in [-0.15, -0.1) is 11.3 Å². The zero-order valence-electron chi connectivity index (χ0n) is 16.3. The molecule has 0 radical (unpaired) electrons. The van der Waals surface area contributed by atoms with Crippen molar-refractivity contribution in [3.8, 4) is 0 Å². The van der Waals surface area contributed by atoms with Gasteiger partial charge in [0.25, 0.3) is 5.91 Å². The lowest BCUT2D eigenvalue weighted by Crippen LogP contribution is -2.29. The summed E-state index contributed by atoms with van der Waals surface area (Å²) in [6.45, 7) is 1.97. The molecule has 0 aliphatic heterocycles. The molecule has 7 nitrogen and oxygen atoms in total. The van der Waals surface area contributed by atoms with Crippen molar-refractivity contribution in [1.29, 1.82) is 0 Å². The van der Waals surface area contributed by atoms with Crippen LogP contribution in [0.25, 0.3) is 10.1 Å². The normalized spacial score (nSPS) is 19.2. The lowest BCUT2D eigenvalue weighted by molar-refractivity contribution is 0.0996. The molecule has 1 saturated carbocycles. The molecule has 1 amide bonds. The molecule has 3 aromatic rings. The summed E-state index contributed by atoms with van der Waals surface area (Å²) in [6.07, 6.45) is 3.72. The number of hydrogen-bond donors (Lipinski definition) is 4. The van der Waals surface area contributed by atoms with Gasteiger partial charge in [0.05, 0.1) is 11.8 Å². The van der Waals surface area contributed by atoms with Crippen molar-refractivity contribution >= 4 is 44.7 Å². The van der Waals surface area contributed by atoms with Gasteiger partial charge in [-0.25, -0.2) is 9.97 Å². The number of nitrogens with one attached hydrogen (secondary N) is 2. The number of anilines is 3. The Labute approximate surface area is 173 Å². The number of carbonyl (C=O) groups is 1. The molecule has 2 heterocycles. The van der Waals surface area contributed by atoms with Crippen molar-refractivity contribution in [3.63, 3.8) is 0 Å². The Balaban J connectivity index is 1.65. The third-order valence-electron chi connectivity index (χ3n) is 5.29. The standard InChI is InChI=1S/C21H25N5O2S/c1-2-16-20(23-13-3-6-15(27)7-4-13)26-21(18(25-16)19(22)28)24-14-5-8-17-12(11-14)9-10-29-17/h5,8-11,13,15,27H,2-4,6-7H2,1H3,(H2,22,28)(H2,23,24,26)/t13-,15-. The molecule has 152 valence electrons. The van der Waals surface area contributed by atoms with Crippen molar-refractivity contribution in [3.05, 3.63) is 41.0 Å². The Morgan fingerprint density at radius 1 is 1.21 bits per heavy atom. The van der Waals surface area contributed by atoms with E-state index in [9.17, 15) is 9.90 Å². The maximum absolute atomic E-state index is 12.0. The predicted molar refractivity (Wildman–Crippen MR) is 117 cm³/mol. The number of benzene rings is 1. The molecular formula is C21H25N5O2S. The van der Waals surface area contributed by atoms with E-state index >= 15 is 0 Å². The van der Waals surface area contributed by atoms with Gasteiger partial charge >= 0.3 is 0 Å². The average molecular weight is 412 g/mol. The van der Waals surface area contributed by atoms with Gasteiger partial charge in [0.1, 0.15) is 5.82 Å². The number of aliphatic hydroxyl groups is 1. The Morgan fingerprint density at radius 2 is 2.00 bits per heavy atom. The third-order valence-corrected chi connectivity index (χ3v) is 6.19. The van der Waals surface area contributed by atoms with E-state index in [-0.39, 0.29) is 17.8 Å². The van der Waals surface area contributed by atoms with Crippen LogP contribution in [0.2, 0.25) is 0 Å². The van der Waals surface area contributed by atoms with Crippen LogP contribution in [0.3, 0.4) is 0 Å². The van der Waals surface area contributed by atoms with Crippen LogP contribution in [0.5, 0.6) is 0 Å². The maximum atomic E-state index is 12.0. The zero-order valence-corrected chi connectivity index (χ0v) is 17.1. The van der Waals surface area contributed by atoms with E-state index < -0.39 is 5.91 Å². The summed E-state index contributed by atoms with van der Waals surface area (Å²) in [4.78, 5) is 21.2. The number of amides is 1. The van der Waals surface area contributed by atoms with Gasteiger partial charge in [0.15, 0.2) is 11.5 Å². The monoisotopic (exact) mass is 411 g/mol. The van der Waals surface area contributed by atoms with Gasteiger partial charge in [0, 0.05) is 16.4 Å². The van der Waals surface area contributed by atoms with Gasteiger partial charge < -0.3 is 21.5 Å². The quantitative estimate of drug-likeness (QED) is 0.490. The first kappa shape index (κ1) is 19.6. The molecule has 29 heavy (non-hydrogen) atoms. The third kappa shape index (κ3) is 4.33. The summed E-state index contributed by atoms with van der Waals surface area (Å²) in [6, 6.07) is 8.28. The second-order valence-electron chi connectivity index (χ2n) is 7.38. The topological polar surface area (TPSA) is 113 Å². The zero-order chi connectivity index (χ0) is 20.4. The molecule has 2 aromatic heterocycles. The molecule has 8 heteroatoms. The van der Waals surface area contributed by atoms with E-state index in [1.165, 1.54) is 4.70 Å². The number of carbonyl (C=O) groups excluding carboxylic acids is 1. The number of rotatable bonds is 6. The van der Waals surface area contributed by atoms with Crippen LogP contribution in [0.1, 0.15) is 48.8 Å². The highest BCUT2D eigenvalue weighted by molar-refractivity contribution is 7.17.